The fourth-order valence-electron chi connectivity index (χ4n) is 2.95. The number of anilines is 2. The van der Waals surface area contributed by atoms with Crippen LogP contribution in [0.5, 0.6) is 0 Å². The molecule has 0 spiro atoms. The van der Waals surface area contributed by atoms with Crippen LogP contribution in [0, 0.1) is 12.7 Å². The Morgan fingerprint density at radius 3 is 2.81 bits per heavy atom. The number of nitrogens with two attached hydrogens (primary N) is 1. The predicted octanol–water partition coefficient (Wildman–Crippen LogP) is 0.888. The van der Waals surface area contributed by atoms with E-state index in [0.29, 0.717) is 24.5 Å². The number of fused-ring (bicyclic) bond motifs is 1. The molecule has 3 aromatic heterocycles. The van der Waals surface area contributed by atoms with Crippen molar-refractivity contribution in [1.29, 1.82) is 0 Å². The Morgan fingerprint density at radius 1 is 1.33 bits per heavy atom. The number of nitrogens with one attached hydrogen (secondary N) is 1. The van der Waals surface area contributed by atoms with Crippen molar-refractivity contribution in [1.82, 2.24) is 19.4 Å². The number of halogens is 1. The van der Waals surface area contributed by atoms with Crippen LogP contribution in [0.25, 0.3) is 5.65 Å². The molecule has 0 saturated carbocycles. The summed E-state index contributed by atoms with van der Waals surface area (Å²) in [7, 11) is 0. The molecule has 27 heavy (non-hydrogen) atoms. The van der Waals surface area contributed by atoms with Crippen LogP contribution in [-0.2, 0) is 4.79 Å². The smallest absolute Gasteiger partial charge is 0.275 e. The Hall–Kier alpha value is -3.40. The first-order valence-electron chi connectivity index (χ1n) is 8.27. The van der Waals surface area contributed by atoms with Crippen molar-refractivity contribution < 1.29 is 14.0 Å². The fourth-order valence-corrected chi connectivity index (χ4v) is 2.95. The third-order valence-electron chi connectivity index (χ3n) is 4.28. The average Bonchev–Trinajstić information content (AvgIpc) is 3.18. The summed E-state index contributed by atoms with van der Waals surface area (Å²) in [5, 5.41) is 2.57. The van der Waals surface area contributed by atoms with Gasteiger partial charge >= 0.3 is 0 Å². The number of amides is 2. The van der Waals surface area contributed by atoms with Crippen molar-refractivity contribution in [2.45, 2.75) is 19.4 Å². The zero-order valence-corrected chi connectivity index (χ0v) is 14.4. The Balaban J connectivity index is 1.52. The molecule has 3 N–H and O–H groups in total. The van der Waals surface area contributed by atoms with Crippen LogP contribution < -0.4 is 16.0 Å². The monoisotopic (exact) mass is 369 g/mol. The third-order valence-corrected chi connectivity index (χ3v) is 4.28. The molecule has 1 aliphatic rings. The number of nitrogens with zero attached hydrogens (tertiary/aromatic N) is 5. The minimum Gasteiger partial charge on any atom is -0.320 e. The van der Waals surface area contributed by atoms with Crippen LogP contribution in [0.2, 0.25) is 0 Å². The molecule has 10 heteroatoms. The minimum atomic E-state index is -0.550. The van der Waals surface area contributed by atoms with Crippen molar-refractivity contribution in [3.05, 3.63) is 48.1 Å². The second kappa shape index (κ2) is 6.40. The molecule has 1 atom stereocenters. The van der Waals surface area contributed by atoms with Gasteiger partial charge in [-0.15, -0.1) is 0 Å². The van der Waals surface area contributed by atoms with Gasteiger partial charge in [-0.25, -0.2) is 19.3 Å². The molecule has 1 fully saturated rings. The first-order chi connectivity index (χ1) is 12.9. The number of pyridine rings is 1. The van der Waals surface area contributed by atoms with Crippen LogP contribution in [-0.4, -0.2) is 43.8 Å². The molecule has 3 aromatic rings. The summed E-state index contributed by atoms with van der Waals surface area (Å²) >= 11 is 0. The molecule has 2 amide bonds. The van der Waals surface area contributed by atoms with Gasteiger partial charge in [-0.05, 0) is 13.3 Å². The van der Waals surface area contributed by atoms with E-state index in [1.54, 1.807) is 19.3 Å². The third kappa shape index (κ3) is 3.10. The zero-order chi connectivity index (χ0) is 19.1. The van der Waals surface area contributed by atoms with E-state index in [1.165, 1.54) is 27.8 Å². The lowest BCUT2D eigenvalue weighted by atomic mass is 10.3. The van der Waals surface area contributed by atoms with Gasteiger partial charge in [0.05, 0.1) is 29.8 Å². The van der Waals surface area contributed by atoms with Gasteiger partial charge in [0.1, 0.15) is 5.69 Å². The van der Waals surface area contributed by atoms with E-state index < -0.39 is 17.8 Å². The number of aryl methyl sites for hydroxylation is 1. The highest BCUT2D eigenvalue weighted by Crippen LogP contribution is 2.19. The summed E-state index contributed by atoms with van der Waals surface area (Å²) < 4.78 is 15.6. The van der Waals surface area contributed by atoms with E-state index in [1.807, 2.05) is 0 Å². The highest BCUT2D eigenvalue weighted by Gasteiger charge is 2.30. The SMILES string of the molecule is Cc1cn2cc(NC(=O)c3cnc(N4CCC(N)C4=O)cn3)cc(F)c2n1. The van der Waals surface area contributed by atoms with Crippen molar-refractivity contribution in [2.75, 3.05) is 16.8 Å². The number of hydrogen-bond donors (Lipinski definition) is 2. The van der Waals surface area contributed by atoms with Gasteiger partial charge in [-0.3, -0.25) is 14.5 Å². The summed E-state index contributed by atoms with van der Waals surface area (Å²) in [4.78, 5) is 37.9. The molecule has 1 unspecified atom stereocenters. The molecule has 1 aliphatic heterocycles. The molecule has 9 nitrogen and oxygen atoms in total. The van der Waals surface area contributed by atoms with E-state index in [-0.39, 0.29) is 22.9 Å². The topological polar surface area (TPSA) is 119 Å². The average molecular weight is 369 g/mol. The van der Waals surface area contributed by atoms with E-state index in [2.05, 4.69) is 20.3 Å². The fraction of sp³-hybridized carbons (Fsp3) is 0.235. The second-order valence-electron chi connectivity index (χ2n) is 6.29. The summed E-state index contributed by atoms with van der Waals surface area (Å²) in [6.45, 7) is 2.21. The molecule has 0 aromatic carbocycles. The second-order valence-corrected chi connectivity index (χ2v) is 6.29. The maximum Gasteiger partial charge on any atom is 0.275 e. The highest BCUT2D eigenvalue weighted by molar-refractivity contribution is 6.03. The largest absolute Gasteiger partial charge is 0.320 e. The van der Waals surface area contributed by atoms with E-state index in [0.717, 1.165) is 0 Å². The number of rotatable bonds is 3. The molecule has 138 valence electrons. The molecule has 4 rings (SSSR count). The van der Waals surface area contributed by atoms with Gasteiger partial charge in [0.2, 0.25) is 5.91 Å². The quantitative estimate of drug-likeness (QED) is 0.708. The number of carbonyl (C=O) groups excluding carboxylic acids is 2. The Bertz CT molecular complexity index is 1050. The number of hydrogen-bond acceptors (Lipinski definition) is 6. The van der Waals surface area contributed by atoms with Crippen LogP contribution in [0.4, 0.5) is 15.9 Å². The molecular formula is C17H16FN7O2. The minimum absolute atomic E-state index is 0.0389. The zero-order valence-electron chi connectivity index (χ0n) is 14.4. The first kappa shape index (κ1) is 17.0. The van der Waals surface area contributed by atoms with E-state index >= 15 is 0 Å². The summed E-state index contributed by atoms with van der Waals surface area (Å²) in [6, 6.07) is 0.651. The first-order valence-corrected chi connectivity index (χ1v) is 8.27. The summed E-state index contributed by atoms with van der Waals surface area (Å²) in [5.74, 6) is -0.980. The lowest BCUT2D eigenvalue weighted by molar-refractivity contribution is -0.118. The Labute approximate surface area is 153 Å². The summed E-state index contributed by atoms with van der Waals surface area (Å²) in [6.07, 6.45) is 6.36. The molecule has 0 radical (unpaired) electrons. The lowest BCUT2D eigenvalue weighted by Gasteiger charge is -2.14. The van der Waals surface area contributed by atoms with Crippen molar-refractivity contribution in [2.24, 2.45) is 5.73 Å². The van der Waals surface area contributed by atoms with Gasteiger partial charge in [-0.1, -0.05) is 0 Å². The Kier molecular flexibility index (Phi) is 4.04. The lowest BCUT2D eigenvalue weighted by Crippen LogP contribution is -2.34. The maximum absolute atomic E-state index is 14.1. The van der Waals surface area contributed by atoms with Gasteiger partial charge in [-0.2, -0.15) is 0 Å². The van der Waals surface area contributed by atoms with Crippen molar-refractivity contribution in [3.63, 3.8) is 0 Å². The van der Waals surface area contributed by atoms with Gasteiger partial charge in [0.15, 0.2) is 17.3 Å². The number of aromatic nitrogens is 4. The van der Waals surface area contributed by atoms with Crippen LogP contribution in [0.15, 0.2) is 30.9 Å². The molecule has 0 aliphatic carbocycles. The van der Waals surface area contributed by atoms with Gasteiger partial charge in [0.25, 0.3) is 5.91 Å². The predicted molar refractivity (Wildman–Crippen MR) is 94.8 cm³/mol. The van der Waals surface area contributed by atoms with E-state index in [9.17, 15) is 14.0 Å². The number of carbonyl (C=O) groups is 2. The van der Waals surface area contributed by atoms with Gasteiger partial charge in [0, 0.05) is 25.0 Å². The molecule has 4 heterocycles. The standard InChI is InChI=1S/C17H16FN7O2/c1-9-7-24-8-10(4-11(18)15(24)22-9)23-16(26)13-5-21-14(6-20-13)25-3-2-12(19)17(25)27/h4-8,12H,2-3,19H2,1H3,(H,23,26). The normalized spacial score (nSPS) is 16.9. The van der Waals surface area contributed by atoms with Gasteiger partial charge < -0.3 is 15.5 Å². The highest BCUT2D eigenvalue weighted by atomic mass is 19.1. The Morgan fingerprint density at radius 2 is 2.15 bits per heavy atom. The van der Waals surface area contributed by atoms with Crippen LogP contribution in [0.1, 0.15) is 22.6 Å². The van der Waals surface area contributed by atoms with E-state index in [4.69, 9.17) is 5.73 Å². The van der Waals surface area contributed by atoms with Crippen LogP contribution >= 0.6 is 0 Å². The molecular weight excluding hydrogens is 353 g/mol. The van der Waals surface area contributed by atoms with Crippen molar-refractivity contribution in [3.8, 4) is 0 Å². The van der Waals surface area contributed by atoms with Crippen LogP contribution in [0.3, 0.4) is 0 Å². The summed E-state index contributed by atoms with van der Waals surface area (Å²) in [5.41, 5.74) is 6.83. The number of imidazole rings is 1. The maximum atomic E-state index is 14.1. The molecule has 1 saturated heterocycles. The molecule has 0 bridgehead atoms. The van der Waals surface area contributed by atoms with Crippen molar-refractivity contribution >= 4 is 29.0 Å².